The van der Waals surface area contributed by atoms with Gasteiger partial charge < -0.3 is 4.74 Å². The van der Waals surface area contributed by atoms with Gasteiger partial charge in [-0.25, -0.2) is 0 Å². The number of carbonyl (C=O) groups excluding carboxylic acids is 1. The Hall–Kier alpha value is -0.410. The van der Waals surface area contributed by atoms with Crippen molar-refractivity contribution in [3.63, 3.8) is 0 Å². The van der Waals surface area contributed by atoms with Crippen molar-refractivity contribution in [2.45, 2.75) is 75.6 Å². The Morgan fingerprint density at radius 2 is 1.72 bits per heavy atom. The largest absolute Gasteiger partial charge is 0.376 e. The molecular weight excluding hydrogens is 226 g/mol. The van der Waals surface area contributed by atoms with Crippen LogP contribution in [0.3, 0.4) is 0 Å². The molecule has 4 rings (SSSR count). The number of rotatable bonds is 2. The van der Waals surface area contributed by atoms with Gasteiger partial charge in [0.2, 0.25) is 0 Å². The SMILES string of the molecule is O=C1CC2CCCC(C1)N2C1CCOC1C1CC1. The molecule has 0 aromatic carbocycles. The number of fused-ring (bicyclic) bond motifs is 2. The Labute approximate surface area is 109 Å². The number of nitrogens with zero attached hydrogens (tertiary/aromatic N) is 1. The van der Waals surface area contributed by atoms with Crippen molar-refractivity contribution < 1.29 is 9.53 Å². The minimum atomic E-state index is 0.487. The lowest BCUT2D eigenvalue weighted by Crippen LogP contribution is -2.58. The van der Waals surface area contributed by atoms with E-state index >= 15 is 0 Å². The van der Waals surface area contributed by atoms with E-state index in [0.29, 0.717) is 30.0 Å². The fourth-order valence-corrected chi connectivity index (χ4v) is 4.54. The number of carbonyl (C=O) groups is 1. The zero-order chi connectivity index (χ0) is 12.1. The van der Waals surface area contributed by atoms with Gasteiger partial charge in [0.25, 0.3) is 0 Å². The van der Waals surface area contributed by atoms with Gasteiger partial charge in [0.15, 0.2) is 0 Å². The highest BCUT2D eigenvalue weighted by atomic mass is 16.5. The predicted molar refractivity (Wildman–Crippen MR) is 68.4 cm³/mol. The summed E-state index contributed by atoms with van der Waals surface area (Å²) in [6.07, 6.45) is 9.82. The van der Waals surface area contributed by atoms with E-state index in [1.54, 1.807) is 0 Å². The minimum Gasteiger partial charge on any atom is -0.376 e. The molecule has 3 nitrogen and oxygen atoms in total. The first kappa shape index (κ1) is 11.4. The molecule has 18 heavy (non-hydrogen) atoms. The molecule has 4 atom stereocenters. The zero-order valence-corrected chi connectivity index (χ0v) is 11.0. The number of hydrogen-bond donors (Lipinski definition) is 0. The molecule has 0 aromatic heterocycles. The molecule has 1 saturated carbocycles. The topological polar surface area (TPSA) is 29.5 Å². The molecule has 4 unspecified atom stereocenters. The molecule has 3 aliphatic heterocycles. The highest BCUT2D eigenvalue weighted by molar-refractivity contribution is 5.80. The molecule has 0 N–H and O–H groups in total. The van der Waals surface area contributed by atoms with Crippen LogP contribution in [0.5, 0.6) is 0 Å². The second kappa shape index (κ2) is 4.31. The van der Waals surface area contributed by atoms with Crippen LogP contribution in [0.25, 0.3) is 0 Å². The summed E-state index contributed by atoms with van der Waals surface area (Å²) < 4.78 is 6.01. The third kappa shape index (κ3) is 1.83. The summed E-state index contributed by atoms with van der Waals surface area (Å²) in [5.74, 6) is 1.33. The van der Waals surface area contributed by atoms with Gasteiger partial charge in [-0.1, -0.05) is 6.42 Å². The van der Waals surface area contributed by atoms with Crippen LogP contribution in [0.2, 0.25) is 0 Å². The normalized spacial score (nSPS) is 45.4. The number of hydrogen-bond acceptors (Lipinski definition) is 3. The summed E-state index contributed by atoms with van der Waals surface area (Å²) in [5.41, 5.74) is 0. The van der Waals surface area contributed by atoms with Gasteiger partial charge in [-0.05, 0) is 38.0 Å². The van der Waals surface area contributed by atoms with Crippen LogP contribution in [-0.4, -0.2) is 41.5 Å². The smallest absolute Gasteiger partial charge is 0.136 e. The standard InChI is InChI=1S/C15H23NO2/c17-13-8-11-2-1-3-12(9-13)16(11)14-6-7-18-15(14)10-4-5-10/h10-12,14-15H,1-9H2. The summed E-state index contributed by atoms with van der Waals surface area (Å²) >= 11 is 0. The molecule has 0 radical (unpaired) electrons. The molecule has 0 amide bonds. The van der Waals surface area contributed by atoms with Crippen LogP contribution >= 0.6 is 0 Å². The number of ketones is 1. The molecule has 3 saturated heterocycles. The fraction of sp³-hybridized carbons (Fsp3) is 0.933. The van der Waals surface area contributed by atoms with Crippen molar-refractivity contribution in [3.8, 4) is 0 Å². The van der Waals surface area contributed by atoms with Crippen LogP contribution < -0.4 is 0 Å². The molecule has 4 aliphatic rings. The number of ether oxygens (including phenoxy) is 1. The van der Waals surface area contributed by atoms with Crippen molar-refractivity contribution in [3.05, 3.63) is 0 Å². The first-order valence-electron chi connectivity index (χ1n) is 7.73. The summed E-state index contributed by atoms with van der Waals surface area (Å²) in [6.45, 7) is 0.940. The first-order chi connectivity index (χ1) is 8.83. The molecule has 3 heteroatoms. The lowest BCUT2D eigenvalue weighted by molar-refractivity contribution is -0.130. The van der Waals surface area contributed by atoms with E-state index in [-0.39, 0.29) is 0 Å². The summed E-state index contributed by atoms with van der Waals surface area (Å²) in [5, 5.41) is 0. The molecule has 2 bridgehead atoms. The molecule has 100 valence electrons. The van der Waals surface area contributed by atoms with Crippen LogP contribution in [0.1, 0.15) is 51.4 Å². The van der Waals surface area contributed by atoms with E-state index in [1.807, 2.05) is 0 Å². The number of piperidine rings is 2. The van der Waals surface area contributed by atoms with Crippen LogP contribution in [0, 0.1) is 5.92 Å². The maximum Gasteiger partial charge on any atom is 0.136 e. The molecule has 4 fully saturated rings. The highest BCUT2D eigenvalue weighted by Gasteiger charge is 2.49. The molecule has 0 aromatic rings. The van der Waals surface area contributed by atoms with E-state index in [4.69, 9.17) is 4.74 Å². The summed E-state index contributed by atoms with van der Waals surface area (Å²) in [4.78, 5) is 14.5. The second-order valence-electron chi connectivity index (χ2n) is 6.66. The summed E-state index contributed by atoms with van der Waals surface area (Å²) in [7, 11) is 0. The first-order valence-corrected chi connectivity index (χ1v) is 7.73. The Kier molecular flexibility index (Phi) is 2.73. The molecule has 0 spiro atoms. The van der Waals surface area contributed by atoms with E-state index in [9.17, 15) is 4.79 Å². The number of Topliss-reactive ketones (excluding diaryl/α,β-unsaturated/α-hetero) is 1. The van der Waals surface area contributed by atoms with Gasteiger partial charge in [0, 0.05) is 37.6 Å². The highest BCUT2D eigenvalue weighted by Crippen LogP contribution is 2.44. The van der Waals surface area contributed by atoms with Crippen molar-refractivity contribution in [2.24, 2.45) is 5.92 Å². The van der Waals surface area contributed by atoms with E-state index < -0.39 is 0 Å². The van der Waals surface area contributed by atoms with E-state index in [2.05, 4.69) is 4.90 Å². The third-order valence-corrected chi connectivity index (χ3v) is 5.42. The third-order valence-electron chi connectivity index (χ3n) is 5.42. The fourth-order valence-electron chi connectivity index (χ4n) is 4.54. The van der Waals surface area contributed by atoms with Gasteiger partial charge in [-0.3, -0.25) is 9.69 Å². The van der Waals surface area contributed by atoms with Crippen molar-refractivity contribution in [1.82, 2.24) is 4.90 Å². The molecular formula is C15H23NO2. The maximum absolute atomic E-state index is 11.8. The predicted octanol–water partition coefficient (Wildman–Crippen LogP) is 2.14. The van der Waals surface area contributed by atoms with Gasteiger partial charge in [0.1, 0.15) is 5.78 Å². The molecule has 1 aliphatic carbocycles. The van der Waals surface area contributed by atoms with E-state index in [1.165, 1.54) is 38.5 Å². The minimum absolute atomic E-state index is 0.487. The second-order valence-corrected chi connectivity index (χ2v) is 6.66. The lowest BCUT2D eigenvalue weighted by Gasteiger charge is -2.49. The van der Waals surface area contributed by atoms with Gasteiger partial charge in [0.05, 0.1) is 6.10 Å². The van der Waals surface area contributed by atoms with Crippen molar-refractivity contribution in [2.75, 3.05) is 6.61 Å². The van der Waals surface area contributed by atoms with E-state index in [0.717, 1.165) is 25.4 Å². The Morgan fingerprint density at radius 1 is 1.00 bits per heavy atom. The zero-order valence-electron chi connectivity index (χ0n) is 11.0. The quantitative estimate of drug-likeness (QED) is 0.751. The lowest BCUT2D eigenvalue weighted by atomic mass is 9.81. The van der Waals surface area contributed by atoms with Crippen LogP contribution in [-0.2, 0) is 9.53 Å². The van der Waals surface area contributed by atoms with Crippen molar-refractivity contribution >= 4 is 5.78 Å². The van der Waals surface area contributed by atoms with Crippen LogP contribution in [0.15, 0.2) is 0 Å². The molecule has 3 heterocycles. The van der Waals surface area contributed by atoms with Crippen molar-refractivity contribution in [1.29, 1.82) is 0 Å². The Bertz CT molecular complexity index is 336. The van der Waals surface area contributed by atoms with Crippen LogP contribution in [0.4, 0.5) is 0 Å². The van der Waals surface area contributed by atoms with Gasteiger partial charge >= 0.3 is 0 Å². The average Bonchev–Trinajstić information content (AvgIpc) is 3.07. The monoisotopic (exact) mass is 249 g/mol. The maximum atomic E-state index is 11.8. The summed E-state index contributed by atoms with van der Waals surface area (Å²) in [6, 6.07) is 1.71. The Balaban J connectivity index is 1.57. The van der Waals surface area contributed by atoms with Gasteiger partial charge in [-0.15, -0.1) is 0 Å². The average molecular weight is 249 g/mol. The van der Waals surface area contributed by atoms with Gasteiger partial charge in [-0.2, -0.15) is 0 Å². The Morgan fingerprint density at radius 3 is 2.39 bits per heavy atom.